The number of carbonyl (C=O) groups is 8. The van der Waals surface area contributed by atoms with Crippen molar-refractivity contribution in [3.8, 4) is 0 Å². The molecule has 0 spiro atoms. The summed E-state index contributed by atoms with van der Waals surface area (Å²) in [6.45, 7) is 21.2. The van der Waals surface area contributed by atoms with Crippen molar-refractivity contribution in [3.63, 3.8) is 0 Å². The van der Waals surface area contributed by atoms with Gasteiger partial charge in [0.2, 0.25) is 0 Å². The average Bonchev–Trinajstić information content (AvgIpc) is 1.62. The van der Waals surface area contributed by atoms with Gasteiger partial charge in [0.05, 0.1) is 75.1 Å². The summed E-state index contributed by atoms with van der Waals surface area (Å²) in [5.74, 6) is 10.5. The predicted molar refractivity (Wildman–Crippen MR) is 346 cm³/mol. The van der Waals surface area contributed by atoms with Crippen molar-refractivity contribution >= 4 is 47.8 Å². The highest BCUT2D eigenvalue weighted by Gasteiger charge is 2.60. The lowest BCUT2D eigenvalue weighted by molar-refractivity contribution is -0.142. The van der Waals surface area contributed by atoms with E-state index in [0.717, 1.165) is 77.0 Å². The highest BCUT2D eigenvalue weighted by molar-refractivity contribution is 5.95. The molecule has 0 radical (unpaired) electrons. The zero-order valence-electron chi connectivity index (χ0n) is 55.0. The molecule has 504 valence electrons. The number of ether oxygens (including phenoxy) is 8. The van der Waals surface area contributed by atoms with Crippen molar-refractivity contribution in [1.82, 2.24) is 0 Å². The molecule has 12 fully saturated rings. The van der Waals surface area contributed by atoms with Crippen LogP contribution in [0, 0.1) is 142 Å². The van der Waals surface area contributed by atoms with E-state index in [0.29, 0.717) is 228 Å². The highest BCUT2D eigenvalue weighted by Crippen LogP contribution is 2.66. The molecule has 8 bridgehead atoms. The Balaban J connectivity index is 0.000000171. The number of hydrogen-bond donors (Lipinski definition) is 0. The molecule has 16 nitrogen and oxygen atoms in total. The summed E-state index contributed by atoms with van der Waals surface area (Å²) in [5.41, 5.74) is 2.50. The minimum Gasteiger partial charge on any atom is -0.462 e. The van der Waals surface area contributed by atoms with E-state index in [1.165, 1.54) is 37.8 Å². The van der Waals surface area contributed by atoms with E-state index in [1.807, 2.05) is 0 Å². The molecule has 2 aromatic carbocycles. The van der Waals surface area contributed by atoms with E-state index in [-0.39, 0.29) is 35.8 Å². The molecule has 14 rings (SSSR count). The maximum atomic E-state index is 13.1. The second-order valence-corrected chi connectivity index (χ2v) is 31.3. The van der Waals surface area contributed by atoms with Crippen molar-refractivity contribution in [3.05, 3.63) is 120 Å². The molecule has 0 amide bonds. The molecule has 0 aliphatic heterocycles. The number of rotatable bonds is 24. The second-order valence-electron chi connectivity index (χ2n) is 31.3. The van der Waals surface area contributed by atoms with Crippen LogP contribution >= 0.6 is 0 Å². The van der Waals surface area contributed by atoms with Gasteiger partial charge in [0.15, 0.2) is 0 Å². The SMILES string of the molecule is C=CC(=O)OCC1C[C@@H]2C3CC(CC3COC(=O)c3ccc(C(=O)OCC4C[C@@H]5C6CC(CC6COC(=O)C(=C)C)[C@@H]5C4)cc3)[C@@H]2C1.C=CC(=O)OCC1C[C@@H]2C3CC(CC3COC(=O)c3cccc(C(=O)OCC4C[C@@H]5C6CC(CC6COC(=O)C(=C)C)[C@@H]5C4)c3)[C@@H]2C1. The van der Waals surface area contributed by atoms with Crippen molar-refractivity contribution in [2.45, 2.75) is 117 Å². The van der Waals surface area contributed by atoms with Gasteiger partial charge in [0.1, 0.15) is 0 Å². The van der Waals surface area contributed by atoms with Crippen LogP contribution in [-0.2, 0) is 57.1 Å². The third-order valence-corrected chi connectivity index (χ3v) is 26.1. The van der Waals surface area contributed by atoms with Crippen molar-refractivity contribution < 1.29 is 76.3 Å². The minimum atomic E-state index is -0.405. The molecule has 16 heteroatoms. The van der Waals surface area contributed by atoms with Gasteiger partial charge in [-0.3, -0.25) is 0 Å². The normalized spacial score (nSPS) is 37.2. The first-order valence-corrected chi connectivity index (χ1v) is 35.5. The van der Waals surface area contributed by atoms with Gasteiger partial charge >= 0.3 is 47.8 Å². The Morgan fingerprint density at radius 3 is 0.894 bits per heavy atom. The van der Waals surface area contributed by atoms with Crippen molar-refractivity contribution in [2.75, 3.05) is 52.9 Å². The zero-order chi connectivity index (χ0) is 65.6. The summed E-state index contributed by atoms with van der Waals surface area (Å²) < 4.78 is 44.8. The van der Waals surface area contributed by atoms with E-state index in [4.69, 9.17) is 37.9 Å². The van der Waals surface area contributed by atoms with Gasteiger partial charge in [0.25, 0.3) is 0 Å². The maximum Gasteiger partial charge on any atom is 0.338 e. The Kier molecular flexibility index (Phi) is 19.7. The summed E-state index contributed by atoms with van der Waals surface area (Å²) in [6, 6.07) is 13.3. The van der Waals surface area contributed by atoms with Crippen LogP contribution in [0.15, 0.2) is 98.1 Å². The minimum absolute atomic E-state index is 0.301. The fraction of sp³-hybridized carbons (Fsp3) is 0.641. The lowest BCUT2D eigenvalue weighted by Crippen LogP contribution is -2.28. The summed E-state index contributed by atoms with van der Waals surface area (Å²) in [4.78, 5) is 98.6. The van der Waals surface area contributed by atoms with Gasteiger partial charge in [0, 0.05) is 23.3 Å². The molecule has 12 aliphatic carbocycles. The van der Waals surface area contributed by atoms with E-state index in [9.17, 15) is 38.4 Å². The molecule has 2 aromatic rings. The van der Waals surface area contributed by atoms with Gasteiger partial charge < -0.3 is 37.9 Å². The van der Waals surface area contributed by atoms with Crippen LogP contribution in [0.5, 0.6) is 0 Å². The molecule has 24 atom stereocenters. The molecular formula is C78H96O16. The van der Waals surface area contributed by atoms with Gasteiger partial charge in [-0.05, 0) is 301 Å². The van der Waals surface area contributed by atoms with Crippen LogP contribution in [0.25, 0.3) is 0 Å². The smallest absolute Gasteiger partial charge is 0.338 e. The molecular weight excluding hydrogens is 1190 g/mol. The summed E-state index contributed by atoms with van der Waals surface area (Å²) in [6.07, 6.45) is 20.4. The van der Waals surface area contributed by atoms with Crippen molar-refractivity contribution in [1.29, 1.82) is 0 Å². The van der Waals surface area contributed by atoms with Crippen LogP contribution in [0.2, 0.25) is 0 Å². The number of carbonyl (C=O) groups excluding carboxylic acids is 8. The summed E-state index contributed by atoms with van der Waals surface area (Å²) >= 11 is 0. The monoisotopic (exact) mass is 1290 g/mol. The number of esters is 8. The lowest BCUT2D eigenvalue weighted by Gasteiger charge is -2.31. The first kappa shape index (κ1) is 65.8. The maximum absolute atomic E-state index is 13.1. The highest BCUT2D eigenvalue weighted by atomic mass is 16.6. The Morgan fingerprint density at radius 2 is 0.596 bits per heavy atom. The zero-order valence-corrected chi connectivity index (χ0v) is 55.0. The van der Waals surface area contributed by atoms with E-state index >= 15 is 0 Å². The largest absolute Gasteiger partial charge is 0.462 e. The first-order valence-electron chi connectivity index (χ1n) is 35.5. The van der Waals surface area contributed by atoms with Gasteiger partial charge in [-0.1, -0.05) is 32.4 Å². The molecule has 0 saturated heterocycles. The predicted octanol–water partition coefficient (Wildman–Crippen LogP) is 12.9. The average molecular weight is 1290 g/mol. The Morgan fingerprint density at radius 1 is 0.330 bits per heavy atom. The van der Waals surface area contributed by atoms with Gasteiger partial charge in [-0.2, -0.15) is 0 Å². The summed E-state index contributed by atoms with van der Waals surface area (Å²) in [5, 5.41) is 0. The quantitative estimate of drug-likeness (QED) is 0.0543. The van der Waals surface area contributed by atoms with Crippen LogP contribution in [-0.4, -0.2) is 101 Å². The fourth-order valence-corrected chi connectivity index (χ4v) is 22.3. The van der Waals surface area contributed by atoms with Crippen LogP contribution in [0.1, 0.15) is 158 Å². The fourth-order valence-electron chi connectivity index (χ4n) is 22.3. The second kappa shape index (κ2) is 28.1. The molecule has 12 aliphatic rings. The molecule has 0 aromatic heterocycles. The summed E-state index contributed by atoms with van der Waals surface area (Å²) in [7, 11) is 0. The lowest BCUT2D eigenvalue weighted by atomic mass is 9.76. The van der Waals surface area contributed by atoms with E-state index in [1.54, 1.807) is 62.4 Å². The molecule has 12 saturated carbocycles. The van der Waals surface area contributed by atoms with Crippen LogP contribution in [0.3, 0.4) is 0 Å². The van der Waals surface area contributed by atoms with E-state index < -0.39 is 11.9 Å². The Bertz CT molecular complexity index is 3270. The molecule has 16 unspecified atom stereocenters. The number of hydrogen-bond acceptors (Lipinski definition) is 16. The van der Waals surface area contributed by atoms with E-state index in [2.05, 4.69) is 26.3 Å². The van der Waals surface area contributed by atoms with Crippen molar-refractivity contribution in [2.24, 2.45) is 142 Å². The topological polar surface area (TPSA) is 210 Å². The molecule has 0 heterocycles. The number of benzene rings is 2. The van der Waals surface area contributed by atoms with Gasteiger partial charge in [-0.25, -0.2) is 38.4 Å². The van der Waals surface area contributed by atoms with Gasteiger partial charge in [-0.15, -0.1) is 0 Å². The third kappa shape index (κ3) is 13.8. The Hall–Kier alpha value is -6.84. The molecule has 94 heavy (non-hydrogen) atoms. The molecule has 0 N–H and O–H groups in total. The first-order chi connectivity index (χ1) is 45.4. The van der Waals surface area contributed by atoms with Crippen LogP contribution < -0.4 is 0 Å². The third-order valence-electron chi connectivity index (χ3n) is 26.1. The Labute approximate surface area is 553 Å². The van der Waals surface area contributed by atoms with Crippen LogP contribution in [0.4, 0.5) is 0 Å². The number of fused-ring (bicyclic) bond motifs is 20. The standard InChI is InChI=1S/2C39H48O8/c1-4-36(40)44-17-22-9-30-27-14-29(33(16-27)34(30)11-22)20-47-39(43)25-7-5-24(6-8-25)38(42)45-18-23-10-31-26-13-28(19-46-37(41)21(2)3)32(15-26)35(31)12-23;1-4-36(40)44-17-22-8-30-27-14-29(33(16-27)34(30)10-22)20-47-39(43)25-7-5-6-24(12-25)38(42)45-18-23-9-31-26-13-28(19-46-37(41)21(2)3)32(15-26)35(31)11-23/h4-8,22-23,26-35H,1-2,9-20H2,3H3;4-7,12,22-23,26-35H,1-2,8-11,13-20H2,3H3/t2*22?,23?,26?,27?,28?,29?,30-,31-,32?,33?,34-,35-/m00/s1.